The Labute approximate surface area is 81.8 Å². The molecular formula is C10H10N4. The van der Waals surface area contributed by atoms with Gasteiger partial charge in [-0.1, -0.05) is 13.8 Å². The Morgan fingerprint density at radius 2 is 2.14 bits per heavy atom. The van der Waals surface area contributed by atoms with Crippen LogP contribution in [-0.2, 0) is 0 Å². The van der Waals surface area contributed by atoms with Crippen LogP contribution < -0.4 is 0 Å². The van der Waals surface area contributed by atoms with Crippen molar-refractivity contribution in [2.75, 3.05) is 0 Å². The van der Waals surface area contributed by atoms with Gasteiger partial charge in [0.15, 0.2) is 5.65 Å². The van der Waals surface area contributed by atoms with Crippen molar-refractivity contribution in [3.8, 4) is 6.07 Å². The van der Waals surface area contributed by atoms with E-state index < -0.39 is 0 Å². The van der Waals surface area contributed by atoms with Crippen molar-refractivity contribution in [1.82, 2.24) is 14.6 Å². The van der Waals surface area contributed by atoms with Crippen molar-refractivity contribution < 1.29 is 0 Å². The second-order valence-electron chi connectivity index (χ2n) is 3.47. The molecule has 0 bridgehead atoms. The Morgan fingerprint density at radius 1 is 1.36 bits per heavy atom. The fourth-order valence-corrected chi connectivity index (χ4v) is 1.37. The summed E-state index contributed by atoms with van der Waals surface area (Å²) in [5, 5.41) is 16.9. The topological polar surface area (TPSA) is 54.0 Å². The van der Waals surface area contributed by atoms with E-state index >= 15 is 0 Å². The maximum Gasteiger partial charge on any atom is 0.160 e. The maximum absolute atomic E-state index is 8.76. The van der Waals surface area contributed by atoms with Gasteiger partial charge >= 0.3 is 0 Å². The van der Waals surface area contributed by atoms with Crippen molar-refractivity contribution >= 4 is 5.65 Å². The second-order valence-corrected chi connectivity index (χ2v) is 3.47. The third kappa shape index (κ3) is 1.23. The summed E-state index contributed by atoms with van der Waals surface area (Å²) in [5.74, 6) is 1.19. The zero-order valence-corrected chi connectivity index (χ0v) is 8.10. The lowest BCUT2D eigenvalue weighted by Crippen LogP contribution is -1.97. The van der Waals surface area contributed by atoms with E-state index in [4.69, 9.17) is 5.26 Å². The van der Waals surface area contributed by atoms with E-state index in [1.807, 2.05) is 4.40 Å². The molecule has 0 aromatic carbocycles. The molecule has 4 nitrogen and oxygen atoms in total. The smallest absolute Gasteiger partial charge is 0.160 e. The van der Waals surface area contributed by atoms with Gasteiger partial charge in [0.05, 0.1) is 5.56 Å². The van der Waals surface area contributed by atoms with Gasteiger partial charge in [-0.3, -0.25) is 4.40 Å². The highest BCUT2D eigenvalue weighted by atomic mass is 15.2. The molecule has 0 aliphatic rings. The monoisotopic (exact) mass is 186 g/mol. The summed E-state index contributed by atoms with van der Waals surface area (Å²) in [6.07, 6.45) is 1.77. The predicted octanol–water partition coefficient (Wildman–Crippen LogP) is 1.72. The standard InChI is InChI=1S/C10H10N4/c1-7(2)10-13-12-9-4-3-8(5-11)6-14(9)10/h3-4,6-7H,1-2H3. The second kappa shape index (κ2) is 3.11. The van der Waals surface area contributed by atoms with Crippen molar-refractivity contribution in [2.45, 2.75) is 19.8 Å². The molecule has 0 aliphatic heterocycles. The van der Waals surface area contributed by atoms with Crippen molar-refractivity contribution in [3.63, 3.8) is 0 Å². The molecule has 2 aromatic rings. The van der Waals surface area contributed by atoms with Crippen LogP contribution in [0.25, 0.3) is 5.65 Å². The molecule has 0 fully saturated rings. The molecule has 2 rings (SSSR count). The molecule has 14 heavy (non-hydrogen) atoms. The van der Waals surface area contributed by atoms with Crippen LogP contribution in [0.4, 0.5) is 0 Å². The van der Waals surface area contributed by atoms with Crippen LogP contribution in [0.1, 0.15) is 31.2 Å². The van der Waals surface area contributed by atoms with Gasteiger partial charge in [-0.25, -0.2) is 0 Å². The molecular weight excluding hydrogens is 176 g/mol. The highest BCUT2D eigenvalue weighted by Crippen LogP contribution is 2.13. The van der Waals surface area contributed by atoms with E-state index in [1.54, 1.807) is 18.3 Å². The van der Waals surface area contributed by atoms with Crippen LogP contribution in [0, 0.1) is 11.3 Å². The van der Waals surface area contributed by atoms with Crippen LogP contribution in [0.5, 0.6) is 0 Å². The average Bonchev–Trinajstić information content (AvgIpc) is 2.59. The highest BCUT2D eigenvalue weighted by molar-refractivity contribution is 5.42. The SMILES string of the molecule is CC(C)c1nnc2ccc(C#N)cn12. The third-order valence-electron chi connectivity index (χ3n) is 2.07. The third-order valence-corrected chi connectivity index (χ3v) is 2.07. The Balaban J connectivity index is 2.71. The van der Waals surface area contributed by atoms with Gasteiger partial charge in [0.1, 0.15) is 11.9 Å². The van der Waals surface area contributed by atoms with Gasteiger partial charge in [-0.2, -0.15) is 5.26 Å². The molecule has 0 atom stereocenters. The first-order valence-electron chi connectivity index (χ1n) is 4.47. The number of aromatic nitrogens is 3. The molecule has 2 heterocycles. The molecule has 2 aromatic heterocycles. The van der Waals surface area contributed by atoms with E-state index in [2.05, 4.69) is 30.1 Å². The number of hydrogen-bond acceptors (Lipinski definition) is 3. The van der Waals surface area contributed by atoms with E-state index in [0.717, 1.165) is 11.5 Å². The van der Waals surface area contributed by atoms with Gasteiger partial charge in [0, 0.05) is 12.1 Å². The quantitative estimate of drug-likeness (QED) is 0.681. The fourth-order valence-electron chi connectivity index (χ4n) is 1.37. The maximum atomic E-state index is 8.76. The first-order chi connectivity index (χ1) is 6.72. The minimum atomic E-state index is 0.305. The number of rotatable bonds is 1. The van der Waals surface area contributed by atoms with Gasteiger partial charge in [-0.15, -0.1) is 10.2 Å². The number of fused-ring (bicyclic) bond motifs is 1. The van der Waals surface area contributed by atoms with Crippen LogP contribution in [-0.4, -0.2) is 14.6 Å². The number of nitrogens with zero attached hydrogens (tertiary/aromatic N) is 4. The Bertz CT molecular complexity index is 504. The molecule has 0 spiro atoms. The van der Waals surface area contributed by atoms with Gasteiger partial charge < -0.3 is 0 Å². The van der Waals surface area contributed by atoms with Crippen LogP contribution in [0.3, 0.4) is 0 Å². The summed E-state index contributed by atoms with van der Waals surface area (Å²) in [4.78, 5) is 0. The Hall–Kier alpha value is -1.89. The van der Waals surface area contributed by atoms with E-state index in [-0.39, 0.29) is 0 Å². The minimum absolute atomic E-state index is 0.305. The van der Waals surface area contributed by atoms with Crippen molar-refractivity contribution in [1.29, 1.82) is 5.26 Å². The number of pyridine rings is 1. The average molecular weight is 186 g/mol. The number of hydrogen-bond donors (Lipinski definition) is 0. The minimum Gasteiger partial charge on any atom is -0.285 e. The van der Waals surface area contributed by atoms with Crippen LogP contribution in [0.2, 0.25) is 0 Å². The zero-order chi connectivity index (χ0) is 10.1. The summed E-state index contributed by atoms with van der Waals surface area (Å²) >= 11 is 0. The molecule has 0 amide bonds. The van der Waals surface area contributed by atoms with Crippen molar-refractivity contribution in [3.05, 3.63) is 29.7 Å². The zero-order valence-electron chi connectivity index (χ0n) is 8.10. The summed E-state index contributed by atoms with van der Waals surface area (Å²) < 4.78 is 1.86. The summed E-state index contributed by atoms with van der Waals surface area (Å²) in [6.45, 7) is 4.10. The van der Waals surface area contributed by atoms with E-state index in [9.17, 15) is 0 Å². The normalized spacial score (nSPS) is 10.7. The molecule has 0 saturated carbocycles. The molecule has 0 radical (unpaired) electrons. The lowest BCUT2D eigenvalue weighted by molar-refractivity contribution is 0.759. The summed E-state index contributed by atoms with van der Waals surface area (Å²) in [5.41, 5.74) is 1.41. The van der Waals surface area contributed by atoms with Crippen LogP contribution in [0.15, 0.2) is 18.3 Å². The molecule has 0 unspecified atom stereocenters. The first kappa shape index (κ1) is 8.70. The lowest BCUT2D eigenvalue weighted by Gasteiger charge is -2.01. The van der Waals surface area contributed by atoms with Gasteiger partial charge in [-0.05, 0) is 12.1 Å². The molecule has 0 saturated heterocycles. The fraction of sp³-hybridized carbons (Fsp3) is 0.300. The molecule has 70 valence electrons. The molecule has 4 heteroatoms. The predicted molar refractivity (Wildman–Crippen MR) is 51.8 cm³/mol. The first-order valence-corrected chi connectivity index (χ1v) is 4.47. The van der Waals surface area contributed by atoms with Crippen LogP contribution >= 0.6 is 0 Å². The largest absolute Gasteiger partial charge is 0.285 e. The highest BCUT2D eigenvalue weighted by Gasteiger charge is 2.08. The van der Waals surface area contributed by atoms with E-state index in [1.165, 1.54) is 0 Å². The Morgan fingerprint density at radius 3 is 2.79 bits per heavy atom. The summed E-state index contributed by atoms with van der Waals surface area (Å²) in [6, 6.07) is 5.65. The van der Waals surface area contributed by atoms with Crippen molar-refractivity contribution in [2.24, 2.45) is 0 Å². The van der Waals surface area contributed by atoms with Gasteiger partial charge in [0.25, 0.3) is 0 Å². The molecule has 0 N–H and O–H groups in total. The Kier molecular flexibility index (Phi) is 1.93. The molecule has 0 aliphatic carbocycles. The lowest BCUT2D eigenvalue weighted by atomic mass is 10.2. The number of nitriles is 1. The van der Waals surface area contributed by atoms with E-state index in [0.29, 0.717) is 11.5 Å². The summed E-state index contributed by atoms with van der Waals surface area (Å²) in [7, 11) is 0. The van der Waals surface area contributed by atoms with Gasteiger partial charge in [0.2, 0.25) is 0 Å².